The van der Waals surface area contributed by atoms with Crippen LogP contribution in [-0.2, 0) is 4.74 Å². The molecule has 0 saturated carbocycles. The van der Waals surface area contributed by atoms with E-state index in [4.69, 9.17) is 16.3 Å². The summed E-state index contributed by atoms with van der Waals surface area (Å²) in [4.78, 5) is 0.352. The fourth-order valence-electron chi connectivity index (χ4n) is 0.888. The van der Waals surface area contributed by atoms with Crippen molar-refractivity contribution in [3.63, 3.8) is 0 Å². The predicted molar refractivity (Wildman–Crippen MR) is 40.9 cm³/mol. The molecule has 1 aliphatic heterocycles. The molecule has 1 N–H and O–H groups in total. The Morgan fingerprint density at radius 2 is 2.44 bits per heavy atom. The summed E-state index contributed by atoms with van der Waals surface area (Å²) in [5.41, 5.74) is 0.0549. The predicted octanol–water partition coefficient (Wildman–Crippen LogP) is 1.28. The van der Waals surface area contributed by atoms with Gasteiger partial charge in [0, 0.05) is 7.11 Å². The molecule has 1 heterocycles. The summed E-state index contributed by atoms with van der Waals surface area (Å²) in [6.45, 7) is 0. The summed E-state index contributed by atoms with van der Waals surface area (Å²) in [6, 6.07) is 0. The minimum Gasteiger partial charge on any atom is -0.365 e. The van der Waals surface area contributed by atoms with Gasteiger partial charge in [-0.2, -0.15) is 0 Å². The normalized spacial score (nSPS) is 43.7. The highest BCUT2D eigenvalue weighted by Gasteiger charge is 2.30. The molecule has 0 spiro atoms. The van der Waals surface area contributed by atoms with E-state index in [9.17, 15) is 0 Å². The summed E-state index contributed by atoms with van der Waals surface area (Å²) in [6.07, 6.45) is 0.993. The van der Waals surface area contributed by atoms with Crippen molar-refractivity contribution in [1.82, 2.24) is 5.32 Å². The molecule has 1 saturated heterocycles. The van der Waals surface area contributed by atoms with E-state index in [0.717, 1.165) is 6.42 Å². The maximum Gasteiger partial charge on any atom is 0.121 e. The van der Waals surface area contributed by atoms with Gasteiger partial charge in [0.25, 0.3) is 0 Å². The Morgan fingerprint density at radius 1 is 1.78 bits per heavy atom. The van der Waals surface area contributed by atoms with Crippen LogP contribution >= 0.6 is 27.5 Å². The Labute approximate surface area is 68.0 Å². The number of ether oxygens (including phenoxy) is 1. The lowest BCUT2D eigenvalue weighted by Crippen LogP contribution is -2.30. The average molecular weight is 214 g/mol. The minimum atomic E-state index is 0.0549. The van der Waals surface area contributed by atoms with Crippen molar-refractivity contribution >= 4 is 27.5 Å². The number of nitrogens with one attached hydrogen (secondary N) is 1. The van der Waals surface area contributed by atoms with Crippen molar-refractivity contribution in [1.29, 1.82) is 0 Å². The maximum atomic E-state index is 5.76. The van der Waals surface area contributed by atoms with Crippen LogP contribution < -0.4 is 5.32 Å². The molecule has 1 fully saturated rings. The van der Waals surface area contributed by atoms with Crippen LogP contribution in [0.3, 0.4) is 0 Å². The monoisotopic (exact) mass is 213 g/mol. The van der Waals surface area contributed by atoms with Gasteiger partial charge in [-0.05, 0) is 6.42 Å². The fourth-order valence-corrected chi connectivity index (χ4v) is 2.16. The van der Waals surface area contributed by atoms with Gasteiger partial charge in [-0.25, -0.2) is 0 Å². The first kappa shape index (κ1) is 7.79. The van der Waals surface area contributed by atoms with E-state index in [2.05, 4.69) is 21.2 Å². The third-order valence-corrected chi connectivity index (χ3v) is 2.52. The first-order valence-corrected chi connectivity index (χ1v) is 4.16. The van der Waals surface area contributed by atoms with E-state index in [1.165, 1.54) is 0 Å². The Balaban J connectivity index is 2.38. The zero-order valence-electron chi connectivity index (χ0n) is 5.10. The summed E-state index contributed by atoms with van der Waals surface area (Å²) in [5.74, 6) is 0. The molecule has 0 bridgehead atoms. The molecular formula is C5H9BrClNO. The summed E-state index contributed by atoms with van der Waals surface area (Å²) < 4.78 is 5.05. The Hall–Kier alpha value is 0.690. The van der Waals surface area contributed by atoms with E-state index >= 15 is 0 Å². The van der Waals surface area contributed by atoms with E-state index < -0.39 is 0 Å². The minimum absolute atomic E-state index is 0.0549. The highest BCUT2D eigenvalue weighted by Crippen LogP contribution is 2.22. The van der Waals surface area contributed by atoms with Crippen molar-refractivity contribution in [3.05, 3.63) is 0 Å². The molecule has 1 rings (SSSR count). The lowest BCUT2D eigenvalue weighted by atomic mass is 10.4. The highest BCUT2D eigenvalue weighted by molar-refractivity contribution is 9.09. The van der Waals surface area contributed by atoms with E-state index in [1.807, 2.05) is 0 Å². The van der Waals surface area contributed by atoms with Gasteiger partial charge in [0.2, 0.25) is 0 Å². The molecule has 3 atom stereocenters. The molecule has 0 aliphatic carbocycles. The molecule has 2 nitrogen and oxygen atoms in total. The van der Waals surface area contributed by atoms with Crippen molar-refractivity contribution in [2.45, 2.75) is 23.0 Å². The Bertz CT molecular complexity index is 103. The number of methoxy groups -OCH3 is 1. The summed E-state index contributed by atoms with van der Waals surface area (Å²) in [7, 11) is 1.67. The van der Waals surface area contributed by atoms with Gasteiger partial charge in [-0.15, -0.1) is 11.6 Å². The SMILES string of the molecule is COC1NC(Cl)CC1Br. The lowest BCUT2D eigenvalue weighted by molar-refractivity contribution is 0.0950. The molecule has 1 aliphatic rings. The smallest absolute Gasteiger partial charge is 0.121 e. The molecule has 0 aromatic heterocycles. The fraction of sp³-hybridized carbons (Fsp3) is 1.00. The van der Waals surface area contributed by atoms with Crippen LogP contribution in [0, 0.1) is 0 Å². The number of hydrogen-bond donors (Lipinski definition) is 1. The second-order valence-corrected chi connectivity index (χ2v) is 3.75. The van der Waals surface area contributed by atoms with Gasteiger partial charge in [0.15, 0.2) is 0 Å². The topological polar surface area (TPSA) is 21.3 Å². The van der Waals surface area contributed by atoms with Gasteiger partial charge in [-0.3, -0.25) is 5.32 Å². The van der Waals surface area contributed by atoms with Crippen LogP contribution in [0.1, 0.15) is 6.42 Å². The number of alkyl halides is 2. The van der Waals surface area contributed by atoms with Crippen LogP contribution in [-0.4, -0.2) is 23.7 Å². The van der Waals surface area contributed by atoms with Crippen LogP contribution in [0.5, 0.6) is 0 Å². The first-order valence-electron chi connectivity index (χ1n) is 2.81. The van der Waals surface area contributed by atoms with Crippen molar-refractivity contribution in [2.75, 3.05) is 7.11 Å². The van der Waals surface area contributed by atoms with Gasteiger partial charge < -0.3 is 4.74 Å². The summed E-state index contributed by atoms with van der Waals surface area (Å²) in [5, 5.41) is 3.05. The molecule has 3 unspecified atom stereocenters. The zero-order chi connectivity index (χ0) is 6.85. The van der Waals surface area contributed by atoms with Gasteiger partial charge in [0.05, 0.1) is 10.3 Å². The largest absolute Gasteiger partial charge is 0.365 e. The maximum absolute atomic E-state index is 5.76. The zero-order valence-corrected chi connectivity index (χ0v) is 7.45. The van der Waals surface area contributed by atoms with Crippen molar-refractivity contribution in [3.8, 4) is 0 Å². The van der Waals surface area contributed by atoms with E-state index in [-0.39, 0.29) is 11.7 Å². The number of rotatable bonds is 1. The quantitative estimate of drug-likeness (QED) is 0.524. The molecule has 0 amide bonds. The highest BCUT2D eigenvalue weighted by atomic mass is 79.9. The van der Waals surface area contributed by atoms with Gasteiger partial charge in [0.1, 0.15) is 6.23 Å². The van der Waals surface area contributed by atoms with Crippen molar-refractivity contribution in [2.24, 2.45) is 0 Å². The van der Waals surface area contributed by atoms with Gasteiger partial charge in [-0.1, -0.05) is 15.9 Å². The third kappa shape index (κ3) is 1.80. The Morgan fingerprint density at radius 3 is 2.67 bits per heavy atom. The number of hydrogen-bond acceptors (Lipinski definition) is 2. The molecule has 0 aromatic carbocycles. The molecule has 0 aromatic rings. The molecule has 0 radical (unpaired) electrons. The first-order chi connectivity index (χ1) is 4.24. The van der Waals surface area contributed by atoms with E-state index in [0.29, 0.717) is 4.83 Å². The second kappa shape index (κ2) is 3.19. The van der Waals surface area contributed by atoms with Crippen LogP contribution in [0.25, 0.3) is 0 Å². The number of halogens is 2. The summed E-state index contributed by atoms with van der Waals surface area (Å²) >= 11 is 9.19. The standard InChI is InChI=1S/C5H9BrClNO/c1-9-5-3(6)2-4(7)8-5/h3-5,8H,2H2,1H3. The second-order valence-electron chi connectivity index (χ2n) is 2.04. The molecular weight excluding hydrogens is 205 g/mol. The van der Waals surface area contributed by atoms with Crippen LogP contribution in [0.15, 0.2) is 0 Å². The third-order valence-electron chi connectivity index (χ3n) is 1.36. The average Bonchev–Trinajstić information content (AvgIpc) is 2.10. The molecule has 4 heteroatoms. The van der Waals surface area contributed by atoms with Crippen LogP contribution in [0.2, 0.25) is 0 Å². The van der Waals surface area contributed by atoms with Crippen LogP contribution in [0.4, 0.5) is 0 Å². The Kier molecular flexibility index (Phi) is 2.76. The van der Waals surface area contributed by atoms with Crippen molar-refractivity contribution < 1.29 is 4.74 Å². The van der Waals surface area contributed by atoms with E-state index in [1.54, 1.807) is 7.11 Å². The lowest BCUT2D eigenvalue weighted by Gasteiger charge is -2.10. The van der Waals surface area contributed by atoms with Gasteiger partial charge >= 0.3 is 0 Å². The molecule has 54 valence electrons. The molecule has 9 heavy (non-hydrogen) atoms.